The Kier molecular flexibility index (Phi) is 3.61. The lowest BCUT2D eigenvalue weighted by Gasteiger charge is -2.23. The molecular weight excluding hydrogens is 262 g/mol. The summed E-state index contributed by atoms with van der Waals surface area (Å²) in [6.07, 6.45) is 5.18. The number of furan rings is 1. The van der Waals surface area contributed by atoms with Crippen LogP contribution in [0.5, 0.6) is 0 Å². The van der Waals surface area contributed by atoms with Crippen LogP contribution in [0.3, 0.4) is 0 Å². The van der Waals surface area contributed by atoms with Gasteiger partial charge in [0.25, 0.3) is 5.91 Å². The van der Waals surface area contributed by atoms with Crippen LogP contribution in [-0.4, -0.2) is 30.0 Å². The summed E-state index contributed by atoms with van der Waals surface area (Å²) >= 11 is 1.35. The summed E-state index contributed by atoms with van der Waals surface area (Å²) in [7, 11) is 0. The zero-order chi connectivity index (χ0) is 13.1. The van der Waals surface area contributed by atoms with Gasteiger partial charge >= 0.3 is 0 Å². The lowest BCUT2D eigenvalue weighted by Crippen LogP contribution is -2.42. The number of rotatable bonds is 3. The maximum Gasteiger partial charge on any atom is 0.263 e. The molecule has 2 aromatic rings. The summed E-state index contributed by atoms with van der Waals surface area (Å²) < 4.78 is 5.27. The third-order valence-electron chi connectivity index (χ3n) is 3.14. The topological polar surface area (TPSA) is 67.2 Å². The molecule has 0 aliphatic carbocycles. The van der Waals surface area contributed by atoms with Crippen molar-refractivity contribution in [3.63, 3.8) is 0 Å². The zero-order valence-electron chi connectivity index (χ0n) is 10.4. The van der Waals surface area contributed by atoms with Crippen molar-refractivity contribution in [2.45, 2.75) is 18.9 Å². The van der Waals surface area contributed by atoms with Gasteiger partial charge in [-0.25, -0.2) is 4.98 Å². The van der Waals surface area contributed by atoms with E-state index in [-0.39, 0.29) is 11.9 Å². The Morgan fingerprint density at radius 1 is 1.47 bits per heavy atom. The highest BCUT2D eigenvalue weighted by molar-refractivity contribution is 7.16. The van der Waals surface area contributed by atoms with E-state index in [4.69, 9.17) is 4.42 Å². The quantitative estimate of drug-likeness (QED) is 0.899. The second-order valence-electron chi connectivity index (χ2n) is 4.50. The highest BCUT2D eigenvalue weighted by atomic mass is 32.1. The molecule has 5 nitrogen and oxygen atoms in total. The standard InChI is InChI=1S/C13H15N3O2S/c17-12(16-9-3-5-14-6-4-9)11-8-15-13(19-11)10-2-1-7-18-10/h1-2,7-9,14H,3-6H2,(H,16,17). The molecule has 0 aromatic carbocycles. The number of amides is 1. The second kappa shape index (κ2) is 5.54. The smallest absolute Gasteiger partial charge is 0.263 e. The minimum Gasteiger partial charge on any atom is -0.462 e. The molecule has 1 aliphatic heterocycles. The predicted octanol–water partition coefficient (Wildman–Crippen LogP) is 1.88. The highest BCUT2D eigenvalue weighted by Gasteiger charge is 2.18. The molecule has 100 valence electrons. The molecule has 2 N–H and O–H groups in total. The molecule has 1 saturated heterocycles. The van der Waals surface area contributed by atoms with E-state index in [0.717, 1.165) is 30.9 Å². The van der Waals surface area contributed by atoms with Gasteiger partial charge in [0, 0.05) is 6.04 Å². The van der Waals surface area contributed by atoms with E-state index in [1.807, 2.05) is 12.1 Å². The van der Waals surface area contributed by atoms with Crippen molar-refractivity contribution >= 4 is 17.2 Å². The molecule has 3 rings (SSSR count). The Labute approximate surface area is 115 Å². The largest absolute Gasteiger partial charge is 0.462 e. The first-order valence-corrected chi connectivity index (χ1v) is 7.16. The van der Waals surface area contributed by atoms with Crippen LogP contribution in [0, 0.1) is 0 Å². The van der Waals surface area contributed by atoms with E-state index in [1.54, 1.807) is 12.5 Å². The fraction of sp³-hybridized carbons (Fsp3) is 0.385. The second-order valence-corrected chi connectivity index (χ2v) is 5.54. The predicted molar refractivity (Wildman–Crippen MR) is 73.2 cm³/mol. The van der Waals surface area contributed by atoms with E-state index in [2.05, 4.69) is 15.6 Å². The van der Waals surface area contributed by atoms with Gasteiger partial charge in [0.15, 0.2) is 10.8 Å². The van der Waals surface area contributed by atoms with E-state index < -0.39 is 0 Å². The molecular formula is C13H15N3O2S. The number of hydrogen-bond acceptors (Lipinski definition) is 5. The number of piperidine rings is 1. The van der Waals surface area contributed by atoms with Gasteiger partial charge in [-0.2, -0.15) is 0 Å². The average molecular weight is 277 g/mol. The number of carbonyl (C=O) groups is 1. The van der Waals surface area contributed by atoms with Crippen LogP contribution in [-0.2, 0) is 0 Å². The van der Waals surface area contributed by atoms with Crippen molar-refractivity contribution in [2.75, 3.05) is 13.1 Å². The third-order valence-corrected chi connectivity index (χ3v) is 4.15. The van der Waals surface area contributed by atoms with Crippen molar-refractivity contribution < 1.29 is 9.21 Å². The first-order chi connectivity index (χ1) is 9.33. The van der Waals surface area contributed by atoms with Crippen molar-refractivity contribution in [3.8, 4) is 10.8 Å². The summed E-state index contributed by atoms with van der Waals surface area (Å²) in [5.41, 5.74) is 0. The third kappa shape index (κ3) is 2.85. The molecule has 1 aliphatic rings. The maximum atomic E-state index is 12.1. The van der Waals surface area contributed by atoms with Crippen LogP contribution in [0.4, 0.5) is 0 Å². The molecule has 0 atom stereocenters. The zero-order valence-corrected chi connectivity index (χ0v) is 11.2. The average Bonchev–Trinajstić information content (AvgIpc) is 3.11. The van der Waals surface area contributed by atoms with Crippen molar-refractivity contribution in [1.82, 2.24) is 15.6 Å². The van der Waals surface area contributed by atoms with E-state index in [9.17, 15) is 4.79 Å². The molecule has 0 bridgehead atoms. The molecule has 0 spiro atoms. The van der Waals surface area contributed by atoms with Gasteiger partial charge in [0.2, 0.25) is 0 Å². The molecule has 0 saturated carbocycles. The molecule has 3 heterocycles. The minimum absolute atomic E-state index is 0.0396. The minimum atomic E-state index is -0.0396. The Balaban J connectivity index is 1.67. The summed E-state index contributed by atoms with van der Waals surface area (Å²) in [5, 5.41) is 7.07. The van der Waals surface area contributed by atoms with E-state index in [0.29, 0.717) is 10.6 Å². The Hall–Kier alpha value is -1.66. The van der Waals surface area contributed by atoms with Gasteiger partial charge in [0.1, 0.15) is 4.88 Å². The van der Waals surface area contributed by atoms with Crippen LogP contribution >= 0.6 is 11.3 Å². The number of aromatic nitrogens is 1. The molecule has 1 amide bonds. The Morgan fingerprint density at radius 3 is 3.05 bits per heavy atom. The maximum absolute atomic E-state index is 12.1. The molecule has 2 aromatic heterocycles. The molecule has 19 heavy (non-hydrogen) atoms. The van der Waals surface area contributed by atoms with E-state index >= 15 is 0 Å². The molecule has 0 radical (unpaired) electrons. The van der Waals surface area contributed by atoms with Gasteiger partial charge in [-0.1, -0.05) is 0 Å². The van der Waals surface area contributed by atoms with Crippen LogP contribution in [0.15, 0.2) is 29.0 Å². The highest BCUT2D eigenvalue weighted by Crippen LogP contribution is 2.25. The fourth-order valence-electron chi connectivity index (χ4n) is 2.12. The van der Waals surface area contributed by atoms with Gasteiger partial charge in [-0.05, 0) is 38.1 Å². The number of carbonyl (C=O) groups excluding carboxylic acids is 1. The summed E-state index contributed by atoms with van der Waals surface area (Å²) in [5.74, 6) is 0.660. The van der Waals surface area contributed by atoms with Crippen molar-refractivity contribution in [3.05, 3.63) is 29.5 Å². The Morgan fingerprint density at radius 2 is 2.32 bits per heavy atom. The number of nitrogens with one attached hydrogen (secondary N) is 2. The van der Waals surface area contributed by atoms with Gasteiger partial charge in [-0.15, -0.1) is 11.3 Å². The van der Waals surface area contributed by atoms with Gasteiger partial charge < -0.3 is 15.1 Å². The first kappa shape index (κ1) is 12.4. The van der Waals surface area contributed by atoms with Crippen molar-refractivity contribution in [2.24, 2.45) is 0 Å². The molecule has 1 fully saturated rings. The normalized spacial score (nSPS) is 16.4. The number of nitrogens with zero attached hydrogens (tertiary/aromatic N) is 1. The fourth-order valence-corrected chi connectivity index (χ4v) is 2.90. The van der Waals surface area contributed by atoms with Gasteiger partial charge in [0.05, 0.1) is 12.5 Å². The van der Waals surface area contributed by atoms with Crippen LogP contribution in [0.1, 0.15) is 22.5 Å². The summed E-state index contributed by atoms with van der Waals surface area (Å²) in [4.78, 5) is 17.0. The van der Waals surface area contributed by atoms with E-state index in [1.165, 1.54) is 11.3 Å². The first-order valence-electron chi connectivity index (χ1n) is 6.34. The van der Waals surface area contributed by atoms with Crippen LogP contribution < -0.4 is 10.6 Å². The number of thiazole rings is 1. The monoisotopic (exact) mass is 277 g/mol. The lowest BCUT2D eigenvalue weighted by atomic mass is 10.1. The van der Waals surface area contributed by atoms with Crippen molar-refractivity contribution in [1.29, 1.82) is 0 Å². The van der Waals surface area contributed by atoms with Crippen LogP contribution in [0.25, 0.3) is 10.8 Å². The number of hydrogen-bond donors (Lipinski definition) is 2. The summed E-state index contributed by atoms with van der Waals surface area (Å²) in [6.45, 7) is 1.93. The van der Waals surface area contributed by atoms with Crippen LogP contribution in [0.2, 0.25) is 0 Å². The van der Waals surface area contributed by atoms with Gasteiger partial charge in [-0.3, -0.25) is 4.79 Å². The molecule has 6 heteroatoms. The lowest BCUT2D eigenvalue weighted by molar-refractivity contribution is 0.0933. The molecule has 0 unspecified atom stereocenters. The SMILES string of the molecule is O=C(NC1CCNCC1)c1cnc(-c2ccco2)s1. The summed E-state index contributed by atoms with van der Waals surface area (Å²) in [6, 6.07) is 3.92. The Bertz CT molecular complexity index is 544.